The van der Waals surface area contributed by atoms with Crippen molar-refractivity contribution in [1.29, 1.82) is 0 Å². The number of rotatable bonds is 4. The number of aromatic carboxylic acids is 1. The fraction of sp³-hybridized carbons (Fsp3) is 0.0769. The SMILES string of the molecule is O=C(O)c1cccn(OCc2cccc(Br)c2)c1=O. The van der Waals surface area contributed by atoms with Gasteiger partial charge in [-0.15, -0.1) is 0 Å². The Bertz CT molecular complexity index is 666. The lowest BCUT2D eigenvalue weighted by molar-refractivity contribution is 0.0668. The summed E-state index contributed by atoms with van der Waals surface area (Å²) in [4.78, 5) is 27.9. The zero-order chi connectivity index (χ0) is 13.8. The summed E-state index contributed by atoms with van der Waals surface area (Å²) in [7, 11) is 0. The van der Waals surface area contributed by atoms with Crippen LogP contribution in [0.3, 0.4) is 0 Å². The van der Waals surface area contributed by atoms with E-state index in [-0.39, 0.29) is 12.2 Å². The van der Waals surface area contributed by atoms with Crippen LogP contribution in [0.1, 0.15) is 15.9 Å². The first-order chi connectivity index (χ1) is 9.08. The van der Waals surface area contributed by atoms with Gasteiger partial charge in [0.05, 0.1) is 0 Å². The normalized spacial score (nSPS) is 10.2. The predicted octanol–water partition coefficient (Wildman–Crippen LogP) is 1.94. The molecule has 0 bridgehead atoms. The molecule has 1 N–H and O–H groups in total. The highest BCUT2D eigenvalue weighted by molar-refractivity contribution is 9.10. The lowest BCUT2D eigenvalue weighted by Gasteiger charge is -2.08. The van der Waals surface area contributed by atoms with Crippen LogP contribution in [-0.4, -0.2) is 15.8 Å². The molecule has 1 aromatic heterocycles. The van der Waals surface area contributed by atoms with Crippen molar-refractivity contribution < 1.29 is 14.7 Å². The minimum atomic E-state index is -1.27. The zero-order valence-electron chi connectivity index (χ0n) is 9.75. The monoisotopic (exact) mass is 323 g/mol. The standard InChI is InChI=1S/C13H10BrNO4/c14-10-4-1-3-9(7-10)8-19-15-6-2-5-11(12(15)16)13(17)18/h1-7H,8H2,(H,17,18). The van der Waals surface area contributed by atoms with Gasteiger partial charge in [0.25, 0.3) is 5.56 Å². The molecule has 2 aromatic rings. The number of hydrogen-bond acceptors (Lipinski definition) is 3. The predicted molar refractivity (Wildman–Crippen MR) is 72.1 cm³/mol. The molecule has 1 aromatic carbocycles. The number of hydrogen-bond donors (Lipinski definition) is 1. The van der Waals surface area contributed by atoms with Crippen molar-refractivity contribution in [2.75, 3.05) is 0 Å². The minimum Gasteiger partial charge on any atom is -0.477 e. The molecule has 98 valence electrons. The zero-order valence-corrected chi connectivity index (χ0v) is 11.3. The van der Waals surface area contributed by atoms with Gasteiger partial charge in [-0.2, -0.15) is 4.73 Å². The summed E-state index contributed by atoms with van der Waals surface area (Å²) in [6.45, 7) is 0.169. The van der Waals surface area contributed by atoms with Crippen molar-refractivity contribution in [1.82, 2.24) is 4.73 Å². The van der Waals surface area contributed by atoms with Crippen LogP contribution in [0.25, 0.3) is 0 Å². The fourth-order valence-corrected chi connectivity index (χ4v) is 1.96. The van der Waals surface area contributed by atoms with Crippen LogP contribution in [0.5, 0.6) is 0 Å². The molecule has 6 heteroatoms. The van der Waals surface area contributed by atoms with Gasteiger partial charge in [0.1, 0.15) is 12.2 Å². The molecule has 0 atom stereocenters. The largest absolute Gasteiger partial charge is 0.477 e. The van der Waals surface area contributed by atoms with Crippen molar-refractivity contribution >= 4 is 21.9 Å². The van der Waals surface area contributed by atoms with Crippen molar-refractivity contribution in [2.45, 2.75) is 6.61 Å². The average molecular weight is 324 g/mol. The molecule has 0 aliphatic rings. The Hall–Kier alpha value is -2.08. The van der Waals surface area contributed by atoms with E-state index in [2.05, 4.69) is 15.9 Å². The molecule has 2 rings (SSSR count). The number of benzene rings is 1. The van der Waals surface area contributed by atoms with E-state index in [1.54, 1.807) is 0 Å². The number of halogens is 1. The summed E-state index contributed by atoms with van der Waals surface area (Å²) < 4.78 is 1.82. The first kappa shape index (κ1) is 13.4. The molecular formula is C13H10BrNO4. The van der Waals surface area contributed by atoms with Gasteiger partial charge in [0, 0.05) is 10.7 Å². The topological polar surface area (TPSA) is 68.5 Å². The van der Waals surface area contributed by atoms with Gasteiger partial charge in [0.2, 0.25) is 0 Å². The molecule has 5 nitrogen and oxygen atoms in total. The smallest absolute Gasteiger partial charge is 0.341 e. The van der Waals surface area contributed by atoms with Crippen LogP contribution in [0.2, 0.25) is 0 Å². The number of carbonyl (C=O) groups is 1. The molecule has 1 heterocycles. The van der Waals surface area contributed by atoms with Crippen molar-refractivity contribution in [3.63, 3.8) is 0 Å². The van der Waals surface area contributed by atoms with Crippen LogP contribution in [0.15, 0.2) is 51.9 Å². The third kappa shape index (κ3) is 3.23. The van der Waals surface area contributed by atoms with E-state index in [0.29, 0.717) is 0 Å². The number of aromatic nitrogens is 1. The molecule has 0 unspecified atom stereocenters. The van der Waals surface area contributed by atoms with Gasteiger partial charge >= 0.3 is 5.97 Å². The Labute approximate surface area is 117 Å². The Morgan fingerprint density at radius 3 is 2.79 bits per heavy atom. The number of pyridine rings is 1. The maximum atomic E-state index is 11.7. The van der Waals surface area contributed by atoms with Crippen LogP contribution < -0.4 is 10.4 Å². The quantitative estimate of drug-likeness (QED) is 0.933. The number of nitrogens with zero attached hydrogens (tertiary/aromatic N) is 1. The maximum absolute atomic E-state index is 11.7. The molecule has 0 spiro atoms. The minimum absolute atomic E-state index is 0.169. The summed E-state index contributed by atoms with van der Waals surface area (Å²) in [6, 6.07) is 10.1. The first-order valence-corrected chi connectivity index (χ1v) is 6.20. The lowest BCUT2D eigenvalue weighted by atomic mass is 10.2. The Balaban J connectivity index is 2.19. The van der Waals surface area contributed by atoms with E-state index in [9.17, 15) is 9.59 Å². The number of carboxylic acids is 1. The van der Waals surface area contributed by atoms with E-state index in [1.807, 2.05) is 24.3 Å². The lowest BCUT2D eigenvalue weighted by Crippen LogP contribution is -2.30. The Morgan fingerprint density at radius 1 is 1.32 bits per heavy atom. The van der Waals surface area contributed by atoms with Crippen LogP contribution in [0.4, 0.5) is 0 Å². The second-order valence-corrected chi connectivity index (χ2v) is 4.68. The summed E-state index contributed by atoms with van der Waals surface area (Å²) in [5.74, 6) is -1.27. The third-order valence-electron chi connectivity index (χ3n) is 2.40. The van der Waals surface area contributed by atoms with Crippen molar-refractivity contribution in [3.05, 3.63) is 68.5 Å². The second kappa shape index (κ2) is 5.71. The average Bonchev–Trinajstić information content (AvgIpc) is 2.37. The highest BCUT2D eigenvalue weighted by atomic mass is 79.9. The Morgan fingerprint density at radius 2 is 2.11 bits per heavy atom. The van der Waals surface area contributed by atoms with Gasteiger partial charge < -0.3 is 9.94 Å². The maximum Gasteiger partial charge on any atom is 0.341 e. The molecular weight excluding hydrogens is 314 g/mol. The summed E-state index contributed by atoms with van der Waals surface area (Å²) in [6.07, 6.45) is 1.38. The van der Waals surface area contributed by atoms with Crippen molar-refractivity contribution in [3.8, 4) is 0 Å². The van der Waals surface area contributed by atoms with Crippen LogP contribution >= 0.6 is 15.9 Å². The van der Waals surface area contributed by atoms with Gasteiger partial charge in [-0.05, 0) is 29.8 Å². The fourth-order valence-electron chi connectivity index (χ4n) is 1.51. The summed E-state index contributed by atoms with van der Waals surface area (Å²) >= 11 is 3.33. The molecule has 0 saturated heterocycles. The molecule has 0 saturated carbocycles. The number of carboxylic acid groups (broad SMARTS) is 1. The van der Waals surface area contributed by atoms with E-state index in [0.717, 1.165) is 14.8 Å². The van der Waals surface area contributed by atoms with Gasteiger partial charge in [-0.3, -0.25) is 4.79 Å². The second-order valence-electron chi connectivity index (χ2n) is 3.76. The Kier molecular flexibility index (Phi) is 4.01. The van der Waals surface area contributed by atoms with Gasteiger partial charge in [-0.1, -0.05) is 28.1 Å². The molecule has 0 amide bonds. The van der Waals surface area contributed by atoms with E-state index < -0.39 is 11.5 Å². The third-order valence-corrected chi connectivity index (χ3v) is 2.90. The first-order valence-electron chi connectivity index (χ1n) is 5.40. The van der Waals surface area contributed by atoms with Crippen LogP contribution in [0, 0.1) is 0 Å². The molecule has 0 fully saturated rings. The molecule has 19 heavy (non-hydrogen) atoms. The summed E-state index contributed by atoms with van der Waals surface area (Å²) in [5.41, 5.74) is -0.149. The summed E-state index contributed by atoms with van der Waals surface area (Å²) in [5, 5.41) is 8.84. The molecule has 0 aliphatic heterocycles. The van der Waals surface area contributed by atoms with Gasteiger partial charge in [0.15, 0.2) is 0 Å². The van der Waals surface area contributed by atoms with E-state index in [4.69, 9.17) is 9.94 Å². The highest BCUT2D eigenvalue weighted by Crippen LogP contribution is 2.11. The molecule has 0 radical (unpaired) electrons. The molecule has 0 aliphatic carbocycles. The highest BCUT2D eigenvalue weighted by Gasteiger charge is 2.10. The van der Waals surface area contributed by atoms with Gasteiger partial charge in [-0.25, -0.2) is 4.79 Å². The van der Waals surface area contributed by atoms with Crippen molar-refractivity contribution in [2.24, 2.45) is 0 Å². The van der Waals surface area contributed by atoms with E-state index >= 15 is 0 Å². The van der Waals surface area contributed by atoms with Crippen LogP contribution in [-0.2, 0) is 6.61 Å². The van der Waals surface area contributed by atoms with E-state index in [1.165, 1.54) is 18.3 Å².